The van der Waals surface area contributed by atoms with Crippen LogP contribution in [-0.2, 0) is 14.6 Å². The Balaban J connectivity index is 2.46. The molecule has 0 aliphatic rings. The zero-order valence-corrected chi connectivity index (χ0v) is 16.6. The van der Waals surface area contributed by atoms with Crippen molar-refractivity contribution in [2.75, 3.05) is 5.32 Å². The number of rotatable bonds is 4. The fraction of sp³-hybridized carbons (Fsp3) is 0.235. The first-order valence-electron chi connectivity index (χ1n) is 7.81. The van der Waals surface area contributed by atoms with Crippen molar-refractivity contribution < 1.29 is 44.7 Å². The van der Waals surface area contributed by atoms with Gasteiger partial charge in [-0.25, -0.2) is 21.6 Å². The Bertz CT molecular complexity index is 1130. The lowest BCUT2D eigenvalue weighted by Crippen LogP contribution is -2.52. The average molecular weight is 476 g/mol. The quantitative estimate of drug-likeness (QED) is 0.395. The third-order valence-electron chi connectivity index (χ3n) is 4.12. The highest BCUT2D eigenvalue weighted by molar-refractivity contribution is 7.91. The molecule has 2 N–H and O–H groups in total. The highest BCUT2D eigenvalue weighted by Gasteiger charge is 2.55. The van der Waals surface area contributed by atoms with Crippen LogP contribution in [0.15, 0.2) is 34.1 Å². The number of amides is 1. The number of halogens is 7. The minimum absolute atomic E-state index is 0.136. The molecule has 1 atom stereocenters. The Morgan fingerprint density at radius 1 is 1.10 bits per heavy atom. The van der Waals surface area contributed by atoms with E-state index in [0.717, 1.165) is 19.1 Å². The second kappa shape index (κ2) is 7.75. The third-order valence-corrected chi connectivity index (χ3v) is 6.19. The summed E-state index contributed by atoms with van der Waals surface area (Å²) in [5.74, 6) is -6.62. The van der Waals surface area contributed by atoms with Crippen molar-refractivity contribution in [2.24, 2.45) is 0 Å². The Morgan fingerprint density at radius 3 is 2.17 bits per heavy atom. The number of hydrogen-bond donors (Lipinski definition) is 2. The molecule has 0 saturated heterocycles. The van der Waals surface area contributed by atoms with Crippen LogP contribution in [0.4, 0.5) is 32.0 Å². The molecule has 0 saturated carbocycles. The van der Waals surface area contributed by atoms with E-state index in [9.17, 15) is 44.7 Å². The molecule has 0 spiro atoms. The molecule has 30 heavy (non-hydrogen) atoms. The number of anilines is 1. The summed E-state index contributed by atoms with van der Waals surface area (Å²) in [7, 11) is -4.76. The fourth-order valence-electron chi connectivity index (χ4n) is 2.16. The minimum atomic E-state index is -5.31. The molecule has 0 aliphatic heterocycles. The Kier molecular flexibility index (Phi) is 6.19. The lowest BCUT2D eigenvalue weighted by molar-refractivity contribution is -0.242. The van der Waals surface area contributed by atoms with Crippen LogP contribution in [0.5, 0.6) is 0 Å². The van der Waals surface area contributed by atoms with Crippen LogP contribution in [0.25, 0.3) is 0 Å². The van der Waals surface area contributed by atoms with Crippen molar-refractivity contribution in [1.82, 2.24) is 0 Å². The second-order valence-electron chi connectivity index (χ2n) is 6.28. The number of carbonyl (C=O) groups excluding carboxylic acids is 1. The molecule has 1 unspecified atom stereocenters. The van der Waals surface area contributed by atoms with Gasteiger partial charge in [0.1, 0.15) is 10.7 Å². The summed E-state index contributed by atoms with van der Waals surface area (Å²) >= 11 is 5.79. The summed E-state index contributed by atoms with van der Waals surface area (Å²) in [6, 6.07) is 2.32. The van der Waals surface area contributed by atoms with Gasteiger partial charge in [0.05, 0.1) is 15.6 Å². The highest BCUT2D eigenvalue weighted by atomic mass is 35.5. The van der Waals surface area contributed by atoms with Gasteiger partial charge in [-0.15, -0.1) is 0 Å². The molecule has 2 aromatic carbocycles. The largest absolute Gasteiger partial charge is 0.426 e. The Hall–Kier alpha value is -2.31. The molecule has 0 heterocycles. The summed E-state index contributed by atoms with van der Waals surface area (Å²) < 4.78 is 104. The van der Waals surface area contributed by atoms with Gasteiger partial charge in [0.25, 0.3) is 5.91 Å². The first kappa shape index (κ1) is 24.0. The molecule has 0 fully saturated rings. The van der Waals surface area contributed by atoms with E-state index >= 15 is 0 Å². The van der Waals surface area contributed by atoms with E-state index < -0.39 is 71.0 Å². The summed E-state index contributed by atoms with van der Waals surface area (Å²) in [4.78, 5) is 9.80. The summed E-state index contributed by atoms with van der Waals surface area (Å²) in [5.41, 5.74) is -5.14. The molecule has 5 nitrogen and oxygen atoms in total. The van der Waals surface area contributed by atoms with Gasteiger partial charge in [-0.1, -0.05) is 11.6 Å². The Labute approximate surface area is 171 Å². The van der Waals surface area contributed by atoms with Crippen LogP contribution in [0.3, 0.4) is 0 Å². The molecular weight excluding hydrogens is 464 g/mol. The number of carbonyl (C=O) groups is 1. The van der Waals surface area contributed by atoms with Gasteiger partial charge in [0, 0.05) is 5.56 Å². The van der Waals surface area contributed by atoms with Crippen LogP contribution in [-0.4, -0.2) is 31.2 Å². The normalized spacial score (nSPS) is 14.3. The van der Waals surface area contributed by atoms with Crippen LogP contribution >= 0.6 is 11.6 Å². The minimum Gasteiger partial charge on any atom is -0.373 e. The summed E-state index contributed by atoms with van der Waals surface area (Å²) in [6.45, 7) is 1.02. The lowest BCUT2D eigenvalue weighted by atomic mass is 10.1. The lowest BCUT2D eigenvalue weighted by Gasteiger charge is -2.25. The van der Waals surface area contributed by atoms with Crippen molar-refractivity contribution in [2.45, 2.75) is 35.4 Å². The molecule has 0 aliphatic carbocycles. The number of sulfone groups is 1. The molecule has 2 aromatic rings. The third kappa shape index (κ3) is 4.12. The summed E-state index contributed by atoms with van der Waals surface area (Å²) in [6.07, 6.45) is -5.31. The molecular formula is C17H12ClF6NO4S. The van der Waals surface area contributed by atoms with Crippen molar-refractivity contribution >= 4 is 33.0 Å². The second-order valence-corrected chi connectivity index (χ2v) is 8.60. The zero-order chi connectivity index (χ0) is 23.2. The van der Waals surface area contributed by atoms with Crippen LogP contribution in [0.1, 0.15) is 12.5 Å². The van der Waals surface area contributed by atoms with Gasteiger partial charge in [0.2, 0.25) is 15.4 Å². The van der Waals surface area contributed by atoms with E-state index in [0.29, 0.717) is 6.07 Å². The van der Waals surface area contributed by atoms with Crippen LogP contribution < -0.4 is 5.32 Å². The average Bonchev–Trinajstić information content (AvgIpc) is 2.63. The maximum absolute atomic E-state index is 14.2. The molecule has 0 bridgehead atoms. The van der Waals surface area contributed by atoms with E-state index in [1.165, 1.54) is 0 Å². The standard InChI is InChI=1S/C17H12ClF6NO4S/c1-7-13(20)10(19)6-12(14(7)21)30(28,29)8-3-4-11(9(18)5-8)25-15(26)16(2,27)17(22,23)24/h3-6,27H,1-2H3,(H,25,26). The van der Waals surface area contributed by atoms with E-state index in [2.05, 4.69) is 0 Å². The maximum atomic E-state index is 14.2. The van der Waals surface area contributed by atoms with Crippen molar-refractivity contribution in [3.05, 3.63) is 52.3 Å². The monoisotopic (exact) mass is 475 g/mol. The number of aliphatic hydroxyl groups is 1. The van der Waals surface area contributed by atoms with E-state index in [1.54, 1.807) is 5.32 Å². The van der Waals surface area contributed by atoms with Gasteiger partial charge < -0.3 is 10.4 Å². The van der Waals surface area contributed by atoms with Crippen molar-refractivity contribution in [3.8, 4) is 0 Å². The molecule has 0 aromatic heterocycles. The van der Waals surface area contributed by atoms with Gasteiger partial charge in [-0.2, -0.15) is 13.2 Å². The van der Waals surface area contributed by atoms with Crippen LogP contribution in [0.2, 0.25) is 5.02 Å². The number of hydrogen-bond acceptors (Lipinski definition) is 4. The zero-order valence-electron chi connectivity index (χ0n) is 15.0. The van der Waals surface area contributed by atoms with Gasteiger partial charge in [-0.05, 0) is 38.1 Å². The van der Waals surface area contributed by atoms with E-state index in [4.69, 9.17) is 11.6 Å². The molecule has 0 radical (unpaired) electrons. The topological polar surface area (TPSA) is 83.5 Å². The number of alkyl halides is 3. The first-order chi connectivity index (χ1) is 13.5. The molecule has 2 rings (SSSR count). The van der Waals surface area contributed by atoms with Crippen LogP contribution in [0, 0.1) is 24.4 Å². The first-order valence-corrected chi connectivity index (χ1v) is 9.67. The summed E-state index contributed by atoms with van der Waals surface area (Å²) in [5, 5.41) is 10.4. The molecule has 1 amide bonds. The van der Waals surface area contributed by atoms with Gasteiger partial charge in [0.15, 0.2) is 11.6 Å². The van der Waals surface area contributed by atoms with E-state index in [1.807, 2.05) is 0 Å². The predicted octanol–water partition coefficient (Wildman–Crippen LogP) is 4.15. The number of benzene rings is 2. The highest BCUT2D eigenvalue weighted by Crippen LogP contribution is 2.34. The van der Waals surface area contributed by atoms with Gasteiger partial charge >= 0.3 is 6.18 Å². The van der Waals surface area contributed by atoms with Crippen molar-refractivity contribution in [3.63, 3.8) is 0 Å². The van der Waals surface area contributed by atoms with E-state index in [-0.39, 0.29) is 13.0 Å². The number of nitrogens with one attached hydrogen (secondary N) is 1. The fourth-order valence-corrected chi connectivity index (χ4v) is 3.88. The van der Waals surface area contributed by atoms with Crippen molar-refractivity contribution in [1.29, 1.82) is 0 Å². The Morgan fingerprint density at radius 2 is 1.67 bits per heavy atom. The molecule has 164 valence electrons. The predicted molar refractivity (Wildman–Crippen MR) is 93.3 cm³/mol. The maximum Gasteiger partial charge on any atom is 0.426 e. The molecule has 13 heteroatoms. The smallest absolute Gasteiger partial charge is 0.373 e. The van der Waals surface area contributed by atoms with Gasteiger partial charge in [-0.3, -0.25) is 4.79 Å². The SMILES string of the molecule is Cc1c(F)c(F)cc(S(=O)(=O)c2ccc(NC(=O)C(C)(O)C(F)(F)F)c(Cl)c2)c1F.